The van der Waals surface area contributed by atoms with Crippen molar-refractivity contribution in [1.29, 1.82) is 0 Å². The maximum absolute atomic E-state index is 13.6. The highest BCUT2D eigenvalue weighted by molar-refractivity contribution is 7.92. The minimum atomic E-state index is -4.74. The molecule has 3 heterocycles. The molecular formula is C21H21F3N8O3S. The minimum Gasteiger partial charge on any atom is -0.364 e. The Kier molecular flexibility index (Phi) is 6.43. The number of nitrogens with one attached hydrogen (secondary N) is 3. The number of aryl methyl sites for hydroxylation is 1. The second kappa shape index (κ2) is 9.22. The normalized spacial score (nSPS) is 13.2. The van der Waals surface area contributed by atoms with Crippen molar-refractivity contribution >= 4 is 45.0 Å². The summed E-state index contributed by atoms with van der Waals surface area (Å²) in [6.45, 7) is 1.40. The molecule has 0 radical (unpaired) electrons. The maximum atomic E-state index is 13.6. The summed E-state index contributed by atoms with van der Waals surface area (Å²) in [5.74, 6) is -0.950. The number of benzene rings is 1. The third-order valence-corrected chi connectivity index (χ3v) is 6.38. The number of amides is 1. The molecule has 15 heteroatoms. The zero-order valence-electron chi connectivity index (χ0n) is 19.3. The predicted molar refractivity (Wildman–Crippen MR) is 126 cm³/mol. The largest absolute Gasteiger partial charge is 0.421 e. The SMILES string of the molecule is Cc1cc(CNc2nc(Nc3cccc4c3NC(=O)C4)ncc2C(F)(F)F)nc(N(C)S(C)(=O)=O)n1. The van der Waals surface area contributed by atoms with E-state index >= 15 is 0 Å². The lowest BCUT2D eigenvalue weighted by Crippen LogP contribution is -2.27. The Hall–Kier alpha value is -4.01. The van der Waals surface area contributed by atoms with Crippen LogP contribution < -0.4 is 20.3 Å². The third kappa shape index (κ3) is 5.45. The molecule has 0 saturated carbocycles. The Morgan fingerprint density at radius 3 is 2.64 bits per heavy atom. The van der Waals surface area contributed by atoms with Gasteiger partial charge in [-0.15, -0.1) is 0 Å². The summed E-state index contributed by atoms with van der Waals surface area (Å²) in [7, 11) is -2.37. The number of hydrogen-bond donors (Lipinski definition) is 3. The fourth-order valence-electron chi connectivity index (χ4n) is 3.43. The van der Waals surface area contributed by atoms with Crippen LogP contribution >= 0.6 is 0 Å². The number of carbonyl (C=O) groups is 1. The van der Waals surface area contributed by atoms with Crippen molar-refractivity contribution in [2.24, 2.45) is 0 Å². The molecule has 1 aromatic carbocycles. The van der Waals surface area contributed by atoms with Crippen LogP contribution in [0.3, 0.4) is 0 Å². The number of para-hydroxylation sites is 1. The number of alkyl halides is 3. The van der Waals surface area contributed by atoms with Gasteiger partial charge >= 0.3 is 6.18 Å². The molecule has 1 aliphatic rings. The number of aromatic nitrogens is 4. The van der Waals surface area contributed by atoms with Crippen LogP contribution in [0.25, 0.3) is 0 Å². The molecule has 3 aromatic rings. The van der Waals surface area contributed by atoms with E-state index in [2.05, 4.69) is 35.9 Å². The monoisotopic (exact) mass is 522 g/mol. The molecule has 1 aliphatic heterocycles. The fraction of sp³-hybridized carbons (Fsp3) is 0.286. The first-order valence-electron chi connectivity index (χ1n) is 10.5. The Balaban J connectivity index is 1.62. The molecule has 3 N–H and O–H groups in total. The molecule has 0 fully saturated rings. The van der Waals surface area contributed by atoms with Crippen LogP contribution in [0.1, 0.15) is 22.5 Å². The van der Waals surface area contributed by atoms with Crippen LogP contribution in [0.2, 0.25) is 0 Å². The Morgan fingerprint density at radius 2 is 1.94 bits per heavy atom. The van der Waals surface area contributed by atoms with E-state index in [0.29, 0.717) is 23.3 Å². The molecule has 36 heavy (non-hydrogen) atoms. The van der Waals surface area contributed by atoms with E-state index in [0.717, 1.165) is 16.1 Å². The summed E-state index contributed by atoms with van der Waals surface area (Å²) >= 11 is 0. The van der Waals surface area contributed by atoms with Gasteiger partial charge in [0.15, 0.2) is 0 Å². The first-order valence-corrected chi connectivity index (χ1v) is 12.3. The first kappa shape index (κ1) is 25.1. The average molecular weight is 523 g/mol. The van der Waals surface area contributed by atoms with Gasteiger partial charge in [0.2, 0.25) is 27.8 Å². The number of halogens is 3. The van der Waals surface area contributed by atoms with E-state index in [1.807, 2.05) is 0 Å². The smallest absolute Gasteiger partial charge is 0.364 e. The quantitative estimate of drug-likeness (QED) is 0.427. The summed E-state index contributed by atoms with van der Waals surface area (Å²) in [4.78, 5) is 27.7. The summed E-state index contributed by atoms with van der Waals surface area (Å²) in [5.41, 5.74) is 1.26. The van der Waals surface area contributed by atoms with Gasteiger partial charge in [-0.2, -0.15) is 18.2 Å². The third-order valence-electron chi connectivity index (χ3n) is 5.22. The lowest BCUT2D eigenvalue weighted by atomic mass is 10.1. The fourth-order valence-corrected chi connectivity index (χ4v) is 3.81. The molecule has 190 valence electrons. The molecule has 2 aromatic heterocycles. The van der Waals surface area contributed by atoms with Gasteiger partial charge < -0.3 is 16.0 Å². The molecule has 1 amide bonds. The van der Waals surface area contributed by atoms with Gasteiger partial charge in [-0.25, -0.2) is 27.7 Å². The second-order valence-corrected chi connectivity index (χ2v) is 10.0. The van der Waals surface area contributed by atoms with Crippen LogP contribution in [-0.4, -0.2) is 47.6 Å². The van der Waals surface area contributed by atoms with Gasteiger partial charge in [0.05, 0.1) is 36.3 Å². The highest BCUT2D eigenvalue weighted by Gasteiger charge is 2.35. The maximum Gasteiger partial charge on any atom is 0.421 e. The van der Waals surface area contributed by atoms with Crippen molar-refractivity contribution in [3.05, 3.63) is 53.0 Å². The minimum absolute atomic E-state index is 0.115. The van der Waals surface area contributed by atoms with Gasteiger partial charge in [0.25, 0.3) is 0 Å². The van der Waals surface area contributed by atoms with Gasteiger partial charge in [-0.05, 0) is 24.6 Å². The van der Waals surface area contributed by atoms with Crippen molar-refractivity contribution in [1.82, 2.24) is 19.9 Å². The first-order chi connectivity index (χ1) is 16.8. The van der Waals surface area contributed by atoms with Crippen LogP contribution in [0.15, 0.2) is 30.5 Å². The number of hydrogen-bond acceptors (Lipinski definition) is 9. The zero-order valence-corrected chi connectivity index (χ0v) is 20.1. The van der Waals surface area contributed by atoms with E-state index < -0.39 is 27.6 Å². The van der Waals surface area contributed by atoms with Crippen LogP contribution in [0, 0.1) is 6.92 Å². The van der Waals surface area contributed by atoms with Crippen molar-refractivity contribution in [2.75, 3.05) is 33.6 Å². The summed E-state index contributed by atoms with van der Waals surface area (Å²) in [6, 6.07) is 6.61. The number of carbonyl (C=O) groups excluding carboxylic acids is 1. The van der Waals surface area contributed by atoms with Crippen LogP contribution in [0.4, 0.5) is 42.3 Å². The number of anilines is 5. The van der Waals surface area contributed by atoms with Crippen molar-refractivity contribution in [2.45, 2.75) is 26.1 Å². The standard InChI is InChI=1S/C21H21F3N8O3S/c1-11-7-13(28-20(27-11)32(2)36(3,34)35)9-25-18-14(21(22,23)24)10-26-19(31-18)29-15-6-4-5-12-8-16(33)30-17(12)15/h4-7,10H,8-9H2,1-3H3,(H,30,33)(H2,25,26,29,31). The molecule has 0 atom stereocenters. The van der Waals surface area contributed by atoms with Crippen LogP contribution in [0.5, 0.6) is 0 Å². The van der Waals surface area contributed by atoms with Gasteiger partial charge in [-0.3, -0.25) is 4.79 Å². The molecule has 11 nitrogen and oxygen atoms in total. The molecule has 0 saturated heterocycles. The molecule has 0 unspecified atom stereocenters. The predicted octanol–water partition coefficient (Wildman–Crippen LogP) is 2.84. The lowest BCUT2D eigenvalue weighted by Gasteiger charge is -2.17. The molecule has 0 bridgehead atoms. The van der Waals surface area contributed by atoms with Crippen LogP contribution in [-0.2, 0) is 34.0 Å². The number of rotatable bonds is 7. The highest BCUT2D eigenvalue weighted by atomic mass is 32.2. The Bertz CT molecular complexity index is 1450. The van der Waals surface area contributed by atoms with E-state index in [1.165, 1.54) is 13.1 Å². The summed E-state index contributed by atoms with van der Waals surface area (Å²) in [6.07, 6.45) is -2.92. The van der Waals surface area contributed by atoms with Crippen molar-refractivity contribution in [3.8, 4) is 0 Å². The average Bonchev–Trinajstić information content (AvgIpc) is 3.17. The van der Waals surface area contributed by atoms with E-state index in [-0.39, 0.29) is 36.5 Å². The molecule has 0 spiro atoms. The Morgan fingerprint density at radius 1 is 1.19 bits per heavy atom. The lowest BCUT2D eigenvalue weighted by molar-refractivity contribution is -0.137. The molecule has 0 aliphatic carbocycles. The van der Waals surface area contributed by atoms with Crippen molar-refractivity contribution in [3.63, 3.8) is 0 Å². The van der Waals surface area contributed by atoms with E-state index in [4.69, 9.17) is 0 Å². The van der Waals surface area contributed by atoms with E-state index in [9.17, 15) is 26.4 Å². The van der Waals surface area contributed by atoms with Gasteiger partial charge in [0.1, 0.15) is 11.4 Å². The van der Waals surface area contributed by atoms with Crippen molar-refractivity contribution < 1.29 is 26.4 Å². The topological polar surface area (TPSA) is 142 Å². The van der Waals surface area contributed by atoms with E-state index in [1.54, 1.807) is 25.1 Å². The Labute approximate surface area is 204 Å². The zero-order chi connectivity index (χ0) is 26.3. The second-order valence-electron chi connectivity index (χ2n) is 8.03. The van der Waals surface area contributed by atoms with Gasteiger partial charge in [-0.1, -0.05) is 12.1 Å². The van der Waals surface area contributed by atoms with Gasteiger partial charge in [0, 0.05) is 18.9 Å². The number of fused-ring (bicyclic) bond motifs is 1. The number of sulfonamides is 1. The summed E-state index contributed by atoms with van der Waals surface area (Å²) in [5, 5.41) is 8.16. The molecule has 4 rings (SSSR count). The molecular weight excluding hydrogens is 501 g/mol. The highest BCUT2D eigenvalue weighted by Crippen LogP contribution is 2.36. The summed E-state index contributed by atoms with van der Waals surface area (Å²) < 4.78 is 65.4. The number of nitrogens with zero attached hydrogens (tertiary/aromatic N) is 5.